The highest BCUT2D eigenvalue weighted by atomic mass is 79.9. The van der Waals surface area contributed by atoms with Gasteiger partial charge in [0.2, 0.25) is 5.88 Å². The molecule has 0 spiro atoms. The number of esters is 1. The molecule has 1 aromatic heterocycles. The Balaban J connectivity index is 2.02. The maximum Gasteiger partial charge on any atom is 0.346 e. The van der Waals surface area contributed by atoms with Crippen molar-refractivity contribution in [1.29, 1.82) is 0 Å². The number of carbonyl (C=O) groups excluding carboxylic acids is 1. The number of halogens is 2. The van der Waals surface area contributed by atoms with Gasteiger partial charge in [-0.15, -0.1) is 0 Å². The van der Waals surface area contributed by atoms with E-state index in [-0.39, 0.29) is 5.92 Å². The van der Waals surface area contributed by atoms with Gasteiger partial charge in [0, 0.05) is 10.5 Å². The number of hydrogen-bond acceptors (Lipinski definition) is 3. The third-order valence-corrected chi connectivity index (χ3v) is 4.67. The van der Waals surface area contributed by atoms with Gasteiger partial charge in [-0.25, -0.2) is 4.79 Å². The maximum absolute atomic E-state index is 12.6. The Labute approximate surface area is 159 Å². The summed E-state index contributed by atoms with van der Waals surface area (Å²) in [6, 6.07) is 16.2. The molecule has 0 atom stereocenters. The van der Waals surface area contributed by atoms with E-state index in [1.54, 1.807) is 35.0 Å². The van der Waals surface area contributed by atoms with E-state index < -0.39 is 5.97 Å². The Hall–Kier alpha value is -2.11. The van der Waals surface area contributed by atoms with Crippen molar-refractivity contribution >= 4 is 33.5 Å². The lowest BCUT2D eigenvalue weighted by atomic mass is 10.1. The first-order valence-electron chi connectivity index (χ1n) is 7.79. The summed E-state index contributed by atoms with van der Waals surface area (Å²) in [6.45, 7) is 4.05. The van der Waals surface area contributed by atoms with Gasteiger partial charge >= 0.3 is 5.97 Å². The van der Waals surface area contributed by atoms with E-state index in [4.69, 9.17) is 16.3 Å². The minimum Gasteiger partial charge on any atom is -0.404 e. The molecule has 0 fully saturated rings. The van der Waals surface area contributed by atoms with Crippen molar-refractivity contribution in [3.05, 3.63) is 75.4 Å². The van der Waals surface area contributed by atoms with Gasteiger partial charge in [0.05, 0.1) is 22.0 Å². The predicted octanol–water partition coefficient (Wildman–Crippen LogP) is 5.63. The second-order valence-corrected chi connectivity index (χ2v) is 7.06. The Bertz CT molecular complexity index is 921. The third-order valence-electron chi connectivity index (χ3n) is 3.66. The molecule has 3 rings (SSSR count). The lowest BCUT2D eigenvalue weighted by Gasteiger charge is -2.10. The topological polar surface area (TPSA) is 44.1 Å². The van der Waals surface area contributed by atoms with Crippen molar-refractivity contribution in [2.45, 2.75) is 19.8 Å². The Kier molecular flexibility index (Phi) is 5.25. The Morgan fingerprint density at radius 1 is 1.16 bits per heavy atom. The molecule has 0 aliphatic rings. The zero-order valence-corrected chi connectivity index (χ0v) is 16.1. The van der Waals surface area contributed by atoms with Gasteiger partial charge < -0.3 is 4.74 Å². The molecule has 25 heavy (non-hydrogen) atoms. The van der Waals surface area contributed by atoms with Crippen molar-refractivity contribution in [3.63, 3.8) is 0 Å². The molecule has 128 valence electrons. The summed E-state index contributed by atoms with van der Waals surface area (Å²) in [4.78, 5) is 12.6. The molecule has 0 unspecified atom stereocenters. The smallest absolute Gasteiger partial charge is 0.346 e. The number of carbonyl (C=O) groups is 1. The average molecular weight is 420 g/mol. The monoisotopic (exact) mass is 418 g/mol. The lowest BCUT2D eigenvalue weighted by Crippen LogP contribution is -2.12. The fraction of sp³-hybridized carbons (Fsp3) is 0.158. The van der Waals surface area contributed by atoms with Crippen LogP contribution in [0.15, 0.2) is 59.1 Å². The predicted molar refractivity (Wildman–Crippen MR) is 102 cm³/mol. The molecular formula is C19H16BrClN2O2. The summed E-state index contributed by atoms with van der Waals surface area (Å²) in [5.41, 5.74) is 1.92. The second-order valence-electron chi connectivity index (χ2n) is 5.79. The van der Waals surface area contributed by atoms with E-state index in [0.717, 1.165) is 5.69 Å². The van der Waals surface area contributed by atoms with Crippen LogP contribution in [0.5, 0.6) is 5.88 Å². The largest absolute Gasteiger partial charge is 0.404 e. The molecular weight excluding hydrogens is 404 g/mol. The highest BCUT2D eigenvalue weighted by Gasteiger charge is 2.19. The minimum absolute atomic E-state index is 0.185. The molecule has 1 heterocycles. The fourth-order valence-electron chi connectivity index (χ4n) is 2.31. The van der Waals surface area contributed by atoms with E-state index in [0.29, 0.717) is 26.6 Å². The van der Waals surface area contributed by atoms with Gasteiger partial charge in [0.1, 0.15) is 0 Å². The van der Waals surface area contributed by atoms with Crippen LogP contribution in [0.2, 0.25) is 5.02 Å². The number of benzene rings is 2. The molecule has 0 saturated carbocycles. The second kappa shape index (κ2) is 7.42. The molecule has 0 bridgehead atoms. The van der Waals surface area contributed by atoms with Gasteiger partial charge in [0.15, 0.2) is 0 Å². The van der Waals surface area contributed by atoms with E-state index in [9.17, 15) is 4.79 Å². The minimum atomic E-state index is -0.462. The molecule has 0 amide bonds. The quantitative estimate of drug-likeness (QED) is 0.515. The molecule has 0 N–H and O–H groups in total. The Morgan fingerprint density at radius 2 is 1.84 bits per heavy atom. The molecule has 0 saturated heterocycles. The zero-order valence-electron chi connectivity index (χ0n) is 13.7. The molecule has 6 heteroatoms. The highest BCUT2D eigenvalue weighted by molar-refractivity contribution is 9.10. The van der Waals surface area contributed by atoms with E-state index in [2.05, 4.69) is 21.0 Å². The van der Waals surface area contributed by atoms with Crippen LogP contribution in [0.1, 0.15) is 35.8 Å². The molecule has 4 nitrogen and oxygen atoms in total. The highest BCUT2D eigenvalue weighted by Crippen LogP contribution is 2.29. The van der Waals surface area contributed by atoms with Crippen molar-refractivity contribution in [1.82, 2.24) is 9.78 Å². The molecule has 2 aromatic carbocycles. The number of para-hydroxylation sites is 1. The molecule has 0 aliphatic heterocycles. The van der Waals surface area contributed by atoms with Crippen LogP contribution >= 0.6 is 27.5 Å². The molecule has 0 radical (unpaired) electrons. The van der Waals surface area contributed by atoms with Crippen molar-refractivity contribution in [2.24, 2.45) is 0 Å². The summed E-state index contributed by atoms with van der Waals surface area (Å²) < 4.78 is 7.86. The van der Waals surface area contributed by atoms with Gasteiger partial charge in [0.25, 0.3) is 0 Å². The van der Waals surface area contributed by atoms with E-state index in [1.165, 1.54) is 0 Å². The number of ether oxygens (including phenoxy) is 1. The maximum atomic E-state index is 12.6. The van der Waals surface area contributed by atoms with Gasteiger partial charge in [-0.3, -0.25) is 0 Å². The number of hydrogen-bond donors (Lipinski definition) is 0. The van der Waals surface area contributed by atoms with Gasteiger partial charge in [-0.2, -0.15) is 9.78 Å². The molecule has 3 aromatic rings. The summed E-state index contributed by atoms with van der Waals surface area (Å²) in [5.74, 6) is 0.0539. The van der Waals surface area contributed by atoms with Crippen LogP contribution in [0.3, 0.4) is 0 Å². The summed E-state index contributed by atoms with van der Waals surface area (Å²) in [6.07, 6.45) is 0. The van der Waals surface area contributed by atoms with Crippen molar-refractivity contribution < 1.29 is 9.53 Å². The zero-order chi connectivity index (χ0) is 18.0. The van der Waals surface area contributed by atoms with Crippen LogP contribution in [0.4, 0.5) is 0 Å². The Morgan fingerprint density at radius 3 is 2.52 bits per heavy atom. The van der Waals surface area contributed by atoms with Crippen molar-refractivity contribution in [2.75, 3.05) is 0 Å². The number of nitrogens with zero attached hydrogens (tertiary/aromatic N) is 2. The number of rotatable bonds is 4. The first kappa shape index (κ1) is 17.7. The normalized spacial score (nSPS) is 10.9. The fourth-order valence-corrected chi connectivity index (χ4v) is 2.97. The lowest BCUT2D eigenvalue weighted by molar-refractivity contribution is 0.0722. The first-order valence-corrected chi connectivity index (χ1v) is 8.96. The average Bonchev–Trinajstić information content (AvgIpc) is 2.99. The molecule has 0 aliphatic carbocycles. The number of aromatic nitrogens is 2. The first-order chi connectivity index (χ1) is 12.0. The van der Waals surface area contributed by atoms with E-state index >= 15 is 0 Å². The summed E-state index contributed by atoms with van der Waals surface area (Å²) in [7, 11) is 0. The van der Waals surface area contributed by atoms with Crippen LogP contribution < -0.4 is 4.74 Å². The van der Waals surface area contributed by atoms with Crippen molar-refractivity contribution in [3.8, 4) is 11.6 Å². The van der Waals surface area contributed by atoms with Crippen LogP contribution in [-0.2, 0) is 0 Å². The van der Waals surface area contributed by atoms with Gasteiger partial charge in [-0.05, 0) is 46.1 Å². The van der Waals surface area contributed by atoms with Crippen LogP contribution in [0.25, 0.3) is 5.69 Å². The van der Waals surface area contributed by atoms with E-state index in [1.807, 2.05) is 38.1 Å². The van der Waals surface area contributed by atoms with Crippen LogP contribution in [0, 0.1) is 0 Å². The standard InChI is InChI=1S/C19H16BrClN2O2/c1-12(2)16-11-18(23(22-16)17-10-6-5-9-15(17)21)25-19(24)13-7-3-4-8-14(13)20/h3-12H,1-2H3. The summed E-state index contributed by atoms with van der Waals surface area (Å²) >= 11 is 9.66. The summed E-state index contributed by atoms with van der Waals surface area (Å²) in [5, 5.41) is 5.08. The van der Waals surface area contributed by atoms with Gasteiger partial charge in [-0.1, -0.05) is 49.7 Å². The SMILES string of the molecule is CC(C)c1cc(OC(=O)c2ccccc2Br)n(-c2ccccc2Cl)n1. The third kappa shape index (κ3) is 3.78. The van der Waals surface area contributed by atoms with Crippen LogP contribution in [-0.4, -0.2) is 15.7 Å².